The van der Waals surface area contributed by atoms with Crippen molar-refractivity contribution in [2.24, 2.45) is 0 Å². The average molecular weight is 260 g/mol. The van der Waals surface area contributed by atoms with E-state index in [1.807, 2.05) is 4.68 Å². The van der Waals surface area contributed by atoms with Gasteiger partial charge in [0, 0.05) is 13.1 Å². The fraction of sp³-hybridized carbons (Fsp3) is 0.692. The van der Waals surface area contributed by atoms with Gasteiger partial charge in [-0.3, -0.25) is 0 Å². The first kappa shape index (κ1) is 12.3. The zero-order valence-corrected chi connectivity index (χ0v) is 11.0. The maximum absolute atomic E-state index is 9.28. The van der Waals surface area contributed by atoms with Crippen LogP contribution in [0.4, 0.5) is 11.6 Å². The van der Waals surface area contributed by atoms with Crippen LogP contribution < -0.4 is 16.4 Å². The van der Waals surface area contributed by atoms with Crippen molar-refractivity contribution >= 4 is 11.6 Å². The van der Waals surface area contributed by atoms with Gasteiger partial charge in [0.25, 0.3) is 0 Å². The SMILES string of the molecule is N#Cc1c(NC2CNC2)nn(C2CCCCC2)c1N. The smallest absolute Gasteiger partial charge is 0.168 e. The van der Waals surface area contributed by atoms with E-state index in [0.29, 0.717) is 29.3 Å². The largest absolute Gasteiger partial charge is 0.383 e. The minimum absolute atomic E-state index is 0.357. The standard InChI is InChI=1S/C13H20N6/c14-6-11-12(15)19(10-4-2-1-3-5-10)18-13(11)17-9-7-16-8-9/h9-10,16H,1-5,7-8,15H2,(H,17,18). The Morgan fingerprint density at radius 1 is 1.32 bits per heavy atom. The van der Waals surface area contributed by atoms with Crippen LogP contribution in [0, 0.1) is 11.3 Å². The topological polar surface area (TPSA) is 91.7 Å². The van der Waals surface area contributed by atoms with Gasteiger partial charge < -0.3 is 16.4 Å². The van der Waals surface area contributed by atoms with Crippen molar-refractivity contribution in [2.45, 2.75) is 44.2 Å². The predicted molar refractivity (Wildman–Crippen MR) is 73.8 cm³/mol. The second-order valence-corrected chi connectivity index (χ2v) is 5.46. The maximum atomic E-state index is 9.28. The van der Waals surface area contributed by atoms with Crippen LogP contribution in [-0.4, -0.2) is 28.9 Å². The molecule has 1 aliphatic carbocycles. The molecule has 1 saturated carbocycles. The number of nitrogen functional groups attached to an aromatic ring is 1. The van der Waals surface area contributed by atoms with E-state index in [2.05, 4.69) is 21.8 Å². The number of nitriles is 1. The van der Waals surface area contributed by atoms with Gasteiger partial charge in [0.05, 0.1) is 12.1 Å². The van der Waals surface area contributed by atoms with Gasteiger partial charge in [-0.25, -0.2) is 4.68 Å². The Morgan fingerprint density at radius 3 is 2.63 bits per heavy atom. The van der Waals surface area contributed by atoms with Crippen molar-refractivity contribution in [1.29, 1.82) is 5.26 Å². The van der Waals surface area contributed by atoms with Crippen LogP contribution in [0.15, 0.2) is 0 Å². The number of rotatable bonds is 3. The number of hydrogen-bond donors (Lipinski definition) is 3. The Balaban J connectivity index is 1.85. The molecular formula is C13H20N6. The highest BCUT2D eigenvalue weighted by Gasteiger charge is 2.25. The van der Waals surface area contributed by atoms with Gasteiger partial charge in [-0.05, 0) is 12.8 Å². The van der Waals surface area contributed by atoms with E-state index in [4.69, 9.17) is 5.73 Å². The molecule has 102 valence electrons. The molecule has 2 aliphatic rings. The molecule has 1 aromatic rings. The van der Waals surface area contributed by atoms with E-state index < -0.39 is 0 Å². The van der Waals surface area contributed by atoms with Crippen molar-refractivity contribution in [2.75, 3.05) is 24.1 Å². The van der Waals surface area contributed by atoms with Gasteiger partial charge >= 0.3 is 0 Å². The van der Waals surface area contributed by atoms with E-state index in [0.717, 1.165) is 25.9 Å². The number of hydrogen-bond acceptors (Lipinski definition) is 5. The summed E-state index contributed by atoms with van der Waals surface area (Å²) in [5, 5.41) is 20.3. The van der Waals surface area contributed by atoms with Crippen LogP contribution in [0.25, 0.3) is 0 Å². The molecule has 6 heteroatoms. The summed E-state index contributed by atoms with van der Waals surface area (Å²) in [5.74, 6) is 1.17. The molecule has 2 fully saturated rings. The van der Waals surface area contributed by atoms with Crippen LogP contribution in [0.2, 0.25) is 0 Å². The summed E-state index contributed by atoms with van der Waals surface area (Å²) in [5.41, 5.74) is 6.60. The zero-order chi connectivity index (χ0) is 13.2. The second kappa shape index (κ2) is 5.10. The molecule has 0 radical (unpaired) electrons. The third kappa shape index (κ3) is 2.26. The van der Waals surface area contributed by atoms with Crippen molar-refractivity contribution in [3.63, 3.8) is 0 Å². The van der Waals surface area contributed by atoms with Crippen LogP contribution in [0.3, 0.4) is 0 Å². The van der Waals surface area contributed by atoms with Crippen LogP contribution in [0.5, 0.6) is 0 Å². The number of nitrogens with zero attached hydrogens (tertiary/aromatic N) is 3. The Hall–Kier alpha value is -1.74. The Labute approximate surface area is 113 Å². The van der Waals surface area contributed by atoms with Gasteiger partial charge in [0.2, 0.25) is 0 Å². The van der Waals surface area contributed by atoms with E-state index >= 15 is 0 Å². The summed E-state index contributed by atoms with van der Waals surface area (Å²) in [6.45, 7) is 1.84. The number of nitrogens with one attached hydrogen (secondary N) is 2. The van der Waals surface area contributed by atoms with Gasteiger partial charge in [-0.2, -0.15) is 10.4 Å². The highest BCUT2D eigenvalue weighted by molar-refractivity contribution is 5.64. The summed E-state index contributed by atoms with van der Waals surface area (Å²) in [6.07, 6.45) is 5.96. The molecule has 6 nitrogen and oxygen atoms in total. The molecule has 0 aromatic carbocycles. The minimum Gasteiger partial charge on any atom is -0.383 e. The van der Waals surface area contributed by atoms with Crippen LogP contribution in [0.1, 0.15) is 43.7 Å². The maximum Gasteiger partial charge on any atom is 0.168 e. The summed E-state index contributed by atoms with van der Waals surface area (Å²) in [7, 11) is 0. The van der Waals surface area contributed by atoms with Crippen molar-refractivity contribution < 1.29 is 0 Å². The summed E-state index contributed by atoms with van der Waals surface area (Å²) in [6, 6.07) is 2.91. The molecule has 1 aromatic heterocycles. The third-order valence-electron chi connectivity index (χ3n) is 4.10. The number of nitrogens with two attached hydrogens (primary N) is 1. The lowest BCUT2D eigenvalue weighted by Crippen LogP contribution is -2.51. The molecule has 1 saturated heterocycles. The monoisotopic (exact) mass is 260 g/mol. The van der Waals surface area contributed by atoms with Crippen LogP contribution in [-0.2, 0) is 0 Å². The number of anilines is 2. The van der Waals surface area contributed by atoms with E-state index in [1.54, 1.807) is 0 Å². The summed E-state index contributed by atoms with van der Waals surface area (Å²) in [4.78, 5) is 0. The fourth-order valence-electron chi connectivity index (χ4n) is 2.85. The molecule has 0 amide bonds. The Morgan fingerprint density at radius 2 is 2.05 bits per heavy atom. The van der Waals surface area contributed by atoms with E-state index in [1.165, 1.54) is 19.3 Å². The van der Waals surface area contributed by atoms with Gasteiger partial charge in [0.15, 0.2) is 5.82 Å². The third-order valence-corrected chi connectivity index (χ3v) is 4.10. The van der Waals surface area contributed by atoms with E-state index in [-0.39, 0.29) is 0 Å². The first-order valence-corrected chi connectivity index (χ1v) is 7.05. The molecule has 0 bridgehead atoms. The molecule has 2 heterocycles. The van der Waals surface area contributed by atoms with Crippen LogP contribution >= 0.6 is 0 Å². The lowest BCUT2D eigenvalue weighted by molar-refractivity contribution is 0.333. The molecule has 1 aliphatic heterocycles. The Kier molecular flexibility index (Phi) is 3.30. The predicted octanol–water partition coefficient (Wildman–Crippen LogP) is 1.23. The lowest BCUT2D eigenvalue weighted by atomic mass is 9.96. The summed E-state index contributed by atoms with van der Waals surface area (Å²) >= 11 is 0. The molecule has 4 N–H and O–H groups in total. The van der Waals surface area contributed by atoms with Crippen molar-refractivity contribution in [3.8, 4) is 6.07 Å². The van der Waals surface area contributed by atoms with E-state index in [9.17, 15) is 5.26 Å². The minimum atomic E-state index is 0.357. The normalized spacial score (nSPS) is 20.8. The molecule has 0 unspecified atom stereocenters. The average Bonchev–Trinajstić information content (AvgIpc) is 2.71. The van der Waals surface area contributed by atoms with Gasteiger partial charge in [-0.15, -0.1) is 0 Å². The van der Waals surface area contributed by atoms with Crippen molar-refractivity contribution in [1.82, 2.24) is 15.1 Å². The van der Waals surface area contributed by atoms with Gasteiger partial charge in [0.1, 0.15) is 17.5 Å². The Bertz CT molecular complexity index is 490. The quantitative estimate of drug-likeness (QED) is 0.760. The molecule has 0 spiro atoms. The molecule has 19 heavy (non-hydrogen) atoms. The molecular weight excluding hydrogens is 240 g/mol. The zero-order valence-electron chi connectivity index (χ0n) is 11.0. The molecule has 3 rings (SSSR count). The second-order valence-electron chi connectivity index (χ2n) is 5.46. The highest BCUT2D eigenvalue weighted by Crippen LogP contribution is 2.32. The first-order chi connectivity index (χ1) is 9.29. The van der Waals surface area contributed by atoms with Gasteiger partial charge in [-0.1, -0.05) is 19.3 Å². The first-order valence-electron chi connectivity index (χ1n) is 7.05. The van der Waals surface area contributed by atoms with Crippen molar-refractivity contribution in [3.05, 3.63) is 5.56 Å². The fourth-order valence-corrected chi connectivity index (χ4v) is 2.85. The lowest BCUT2D eigenvalue weighted by Gasteiger charge is -2.28. The molecule has 0 atom stereocenters. The summed E-state index contributed by atoms with van der Waals surface area (Å²) < 4.78 is 1.87. The number of aromatic nitrogens is 2. The highest BCUT2D eigenvalue weighted by atomic mass is 15.4.